The number of carbonyl (C=O) groups excluding carboxylic acids is 2. The van der Waals surface area contributed by atoms with Gasteiger partial charge in [-0.25, -0.2) is 8.78 Å². The molecule has 2 aliphatic rings. The number of nitrogens with one attached hydrogen (secondary N) is 1. The van der Waals surface area contributed by atoms with Crippen LogP contribution in [0.5, 0.6) is 0 Å². The van der Waals surface area contributed by atoms with Gasteiger partial charge in [0.15, 0.2) is 0 Å². The van der Waals surface area contributed by atoms with Crippen molar-refractivity contribution in [2.75, 3.05) is 51.1 Å². The van der Waals surface area contributed by atoms with Gasteiger partial charge < -0.3 is 10.2 Å². The molecule has 0 aromatic heterocycles. The fourth-order valence-corrected chi connectivity index (χ4v) is 3.74. The summed E-state index contributed by atoms with van der Waals surface area (Å²) in [5.74, 6) is -1.46. The molecule has 6 nitrogen and oxygen atoms in total. The average Bonchev–Trinajstić information content (AvgIpc) is 2.71. The number of hydrogen-bond acceptors (Lipinski definition) is 4. The molecule has 1 N–H and O–H groups in total. The molecule has 2 amide bonds. The molecule has 0 radical (unpaired) electrons. The number of carbonyl (C=O) groups is 2. The van der Waals surface area contributed by atoms with Crippen molar-refractivity contribution in [1.29, 1.82) is 0 Å². The lowest BCUT2D eigenvalue weighted by Crippen LogP contribution is -2.54. The highest BCUT2D eigenvalue weighted by Crippen LogP contribution is 2.17. The van der Waals surface area contributed by atoms with Gasteiger partial charge in [0.1, 0.15) is 11.6 Å². The molecular formula is C20H28F2N4O2. The summed E-state index contributed by atoms with van der Waals surface area (Å²) in [5, 5.41) is 2.46. The Morgan fingerprint density at radius 3 is 2.39 bits per heavy atom. The monoisotopic (exact) mass is 394 g/mol. The molecule has 1 unspecified atom stereocenters. The number of halogens is 2. The van der Waals surface area contributed by atoms with Crippen molar-refractivity contribution in [3.05, 3.63) is 29.8 Å². The molecule has 1 atom stereocenters. The van der Waals surface area contributed by atoms with E-state index in [2.05, 4.69) is 10.2 Å². The normalized spacial score (nSPS) is 20.0. The second kappa shape index (κ2) is 9.43. The predicted molar refractivity (Wildman–Crippen MR) is 103 cm³/mol. The molecule has 0 bridgehead atoms. The van der Waals surface area contributed by atoms with Crippen LogP contribution in [0.2, 0.25) is 0 Å². The van der Waals surface area contributed by atoms with Crippen LogP contribution in [0.3, 0.4) is 0 Å². The van der Waals surface area contributed by atoms with Crippen molar-refractivity contribution in [2.24, 2.45) is 0 Å². The molecule has 2 aliphatic heterocycles. The third-order valence-corrected chi connectivity index (χ3v) is 5.59. The van der Waals surface area contributed by atoms with E-state index in [0.29, 0.717) is 32.7 Å². The number of amides is 2. The van der Waals surface area contributed by atoms with Gasteiger partial charge >= 0.3 is 0 Å². The maximum absolute atomic E-state index is 13.7. The van der Waals surface area contributed by atoms with Crippen LogP contribution in [-0.2, 0) is 9.59 Å². The number of piperazine rings is 1. The summed E-state index contributed by atoms with van der Waals surface area (Å²) in [6.07, 6.45) is 3.36. The molecule has 0 saturated carbocycles. The standard InChI is InChI=1S/C20H28F2N4O2/c1-15(20(28)23-18-13-16(21)5-6-17(18)22)25-11-9-24(10-12-25)14-19(27)26-7-3-2-4-8-26/h5-6,13,15H,2-4,7-12,14H2,1H3,(H,23,28). The van der Waals surface area contributed by atoms with E-state index in [9.17, 15) is 18.4 Å². The van der Waals surface area contributed by atoms with Gasteiger partial charge in [0.2, 0.25) is 11.8 Å². The first-order valence-electron chi connectivity index (χ1n) is 9.94. The molecule has 8 heteroatoms. The highest BCUT2D eigenvalue weighted by Gasteiger charge is 2.28. The minimum absolute atomic E-state index is 0.150. The van der Waals surface area contributed by atoms with Gasteiger partial charge in [0, 0.05) is 45.3 Å². The van der Waals surface area contributed by atoms with E-state index in [1.807, 2.05) is 9.80 Å². The Bertz CT molecular complexity index is 701. The van der Waals surface area contributed by atoms with Crippen LogP contribution in [0.15, 0.2) is 18.2 Å². The number of nitrogens with zero attached hydrogens (tertiary/aromatic N) is 3. The van der Waals surface area contributed by atoms with Crippen molar-refractivity contribution in [1.82, 2.24) is 14.7 Å². The lowest BCUT2D eigenvalue weighted by molar-refractivity contribution is -0.134. The van der Waals surface area contributed by atoms with Crippen molar-refractivity contribution < 1.29 is 18.4 Å². The van der Waals surface area contributed by atoms with Gasteiger partial charge in [-0.1, -0.05) is 0 Å². The summed E-state index contributed by atoms with van der Waals surface area (Å²) in [5.41, 5.74) is -0.150. The third kappa shape index (κ3) is 5.26. The summed E-state index contributed by atoms with van der Waals surface area (Å²) in [7, 11) is 0. The second-order valence-corrected chi connectivity index (χ2v) is 7.54. The summed E-state index contributed by atoms with van der Waals surface area (Å²) in [6.45, 7) is 6.57. The number of benzene rings is 1. The molecule has 1 aromatic carbocycles. The Kier molecular flexibility index (Phi) is 6.96. The maximum atomic E-state index is 13.7. The minimum Gasteiger partial charge on any atom is -0.342 e. The van der Waals surface area contributed by atoms with Crippen LogP contribution < -0.4 is 5.32 Å². The largest absolute Gasteiger partial charge is 0.342 e. The van der Waals surface area contributed by atoms with Gasteiger partial charge in [-0.2, -0.15) is 0 Å². The summed E-state index contributed by atoms with van der Waals surface area (Å²) >= 11 is 0. The smallest absolute Gasteiger partial charge is 0.241 e. The summed E-state index contributed by atoms with van der Waals surface area (Å²) < 4.78 is 27.0. The zero-order chi connectivity index (χ0) is 20.1. The minimum atomic E-state index is -0.664. The number of piperidine rings is 1. The lowest BCUT2D eigenvalue weighted by Gasteiger charge is -2.38. The zero-order valence-corrected chi connectivity index (χ0v) is 16.3. The second-order valence-electron chi connectivity index (χ2n) is 7.54. The van der Waals surface area contributed by atoms with E-state index >= 15 is 0 Å². The molecule has 0 aliphatic carbocycles. The van der Waals surface area contributed by atoms with Crippen LogP contribution in [0, 0.1) is 11.6 Å². The van der Waals surface area contributed by atoms with Crippen molar-refractivity contribution in [3.8, 4) is 0 Å². The van der Waals surface area contributed by atoms with Crippen molar-refractivity contribution in [2.45, 2.75) is 32.2 Å². The van der Waals surface area contributed by atoms with E-state index in [0.717, 1.165) is 44.1 Å². The Morgan fingerprint density at radius 2 is 1.71 bits per heavy atom. The Balaban J connectivity index is 1.46. The molecule has 154 valence electrons. The number of anilines is 1. The first kappa shape index (κ1) is 20.7. The van der Waals surface area contributed by atoms with Crippen LogP contribution in [0.25, 0.3) is 0 Å². The van der Waals surface area contributed by atoms with Crippen LogP contribution in [0.1, 0.15) is 26.2 Å². The van der Waals surface area contributed by atoms with Crippen molar-refractivity contribution >= 4 is 17.5 Å². The molecule has 0 spiro atoms. The van der Waals surface area contributed by atoms with Gasteiger partial charge in [-0.05, 0) is 38.3 Å². The predicted octanol–water partition coefficient (Wildman–Crippen LogP) is 1.92. The average molecular weight is 394 g/mol. The molecule has 1 aromatic rings. The van der Waals surface area contributed by atoms with Gasteiger partial charge in [-0.15, -0.1) is 0 Å². The first-order chi connectivity index (χ1) is 13.4. The maximum Gasteiger partial charge on any atom is 0.241 e. The van der Waals surface area contributed by atoms with Crippen LogP contribution in [0.4, 0.5) is 14.5 Å². The van der Waals surface area contributed by atoms with E-state index in [4.69, 9.17) is 0 Å². The molecule has 3 rings (SSSR count). The highest BCUT2D eigenvalue weighted by atomic mass is 19.1. The van der Waals surface area contributed by atoms with E-state index < -0.39 is 17.7 Å². The Labute approximate surface area is 164 Å². The topological polar surface area (TPSA) is 55.9 Å². The Morgan fingerprint density at radius 1 is 1.04 bits per heavy atom. The number of rotatable bonds is 5. The number of hydrogen-bond donors (Lipinski definition) is 1. The zero-order valence-electron chi connectivity index (χ0n) is 16.3. The van der Waals surface area contributed by atoms with E-state index in [-0.39, 0.29) is 17.5 Å². The Hall–Kier alpha value is -2.06. The quantitative estimate of drug-likeness (QED) is 0.829. The fraction of sp³-hybridized carbons (Fsp3) is 0.600. The van der Waals surface area contributed by atoms with Gasteiger partial charge in [0.05, 0.1) is 18.3 Å². The highest BCUT2D eigenvalue weighted by molar-refractivity contribution is 5.94. The van der Waals surface area contributed by atoms with Crippen LogP contribution in [-0.4, -0.2) is 78.4 Å². The third-order valence-electron chi connectivity index (χ3n) is 5.59. The lowest BCUT2D eigenvalue weighted by atomic mass is 10.1. The summed E-state index contributed by atoms with van der Waals surface area (Å²) in [6, 6.07) is 2.51. The first-order valence-corrected chi connectivity index (χ1v) is 9.94. The van der Waals surface area contributed by atoms with Gasteiger partial charge in [-0.3, -0.25) is 19.4 Å². The SMILES string of the molecule is CC(C(=O)Nc1cc(F)ccc1F)N1CCN(CC(=O)N2CCCCC2)CC1. The molecule has 28 heavy (non-hydrogen) atoms. The van der Waals surface area contributed by atoms with Crippen LogP contribution >= 0.6 is 0 Å². The summed E-state index contributed by atoms with van der Waals surface area (Å²) in [4.78, 5) is 30.9. The van der Waals surface area contributed by atoms with Crippen molar-refractivity contribution in [3.63, 3.8) is 0 Å². The molecular weight excluding hydrogens is 366 g/mol. The molecule has 2 heterocycles. The van der Waals surface area contributed by atoms with Gasteiger partial charge in [0.25, 0.3) is 0 Å². The number of likely N-dealkylation sites (tertiary alicyclic amines) is 1. The fourth-order valence-electron chi connectivity index (χ4n) is 3.74. The molecule has 2 saturated heterocycles. The van der Waals surface area contributed by atoms with E-state index in [1.54, 1.807) is 6.92 Å². The molecule has 2 fully saturated rings. The van der Waals surface area contributed by atoms with E-state index in [1.165, 1.54) is 6.42 Å².